The third kappa shape index (κ3) is 5.13. The van der Waals surface area contributed by atoms with Crippen molar-refractivity contribution in [1.29, 1.82) is 0 Å². The Balaban J connectivity index is 1.66. The lowest BCUT2D eigenvalue weighted by molar-refractivity contribution is -0.138. The van der Waals surface area contributed by atoms with E-state index in [1.807, 2.05) is 55.5 Å². The van der Waals surface area contributed by atoms with Crippen molar-refractivity contribution in [2.75, 3.05) is 11.4 Å². The Morgan fingerprint density at radius 1 is 1.06 bits per heavy atom. The molecule has 0 saturated carbocycles. The summed E-state index contributed by atoms with van der Waals surface area (Å²) >= 11 is 0. The number of anilines is 1. The summed E-state index contributed by atoms with van der Waals surface area (Å²) < 4.78 is 40.4. The van der Waals surface area contributed by atoms with Crippen molar-refractivity contribution in [1.82, 2.24) is 25.6 Å². The van der Waals surface area contributed by atoms with E-state index >= 15 is 0 Å². The zero-order chi connectivity index (χ0) is 25.0. The Labute approximate surface area is 198 Å². The molecular formula is C24H21F3N6O2. The number of alkyl halides is 3. The van der Waals surface area contributed by atoms with Crippen LogP contribution in [-0.4, -0.2) is 43.2 Å². The number of rotatable bonds is 8. The lowest BCUT2D eigenvalue weighted by Crippen LogP contribution is -2.28. The number of benzene rings is 2. The molecule has 0 unspecified atom stereocenters. The number of nitrogens with zero attached hydrogens (tertiary/aromatic N) is 5. The van der Waals surface area contributed by atoms with Crippen molar-refractivity contribution in [2.24, 2.45) is 0 Å². The zero-order valence-corrected chi connectivity index (χ0v) is 18.6. The summed E-state index contributed by atoms with van der Waals surface area (Å²) in [5, 5.41) is 23.7. The molecule has 35 heavy (non-hydrogen) atoms. The maximum Gasteiger partial charge on any atom is 0.417 e. The second kappa shape index (κ2) is 9.92. The van der Waals surface area contributed by atoms with Crippen LogP contribution >= 0.6 is 0 Å². The van der Waals surface area contributed by atoms with Crippen molar-refractivity contribution in [3.05, 3.63) is 77.5 Å². The smallest absolute Gasteiger partial charge is 0.417 e. The summed E-state index contributed by atoms with van der Waals surface area (Å²) in [6, 6.07) is 15.7. The molecular weight excluding hydrogens is 461 g/mol. The first-order chi connectivity index (χ1) is 16.8. The Bertz CT molecular complexity index is 1310. The number of aromatic amines is 1. The summed E-state index contributed by atoms with van der Waals surface area (Å²) in [6.45, 7) is 2.38. The summed E-state index contributed by atoms with van der Waals surface area (Å²) in [5.74, 6) is -1.42. The average Bonchev–Trinajstić information content (AvgIpc) is 3.38. The predicted molar refractivity (Wildman–Crippen MR) is 123 cm³/mol. The number of tetrazole rings is 1. The van der Waals surface area contributed by atoms with Gasteiger partial charge in [-0.05, 0) is 34.4 Å². The number of pyridine rings is 1. The van der Waals surface area contributed by atoms with E-state index in [0.717, 1.165) is 28.5 Å². The van der Waals surface area contributed by atoms with E-state index in [0.29, 0.717) is 24.9 Å². The number of carbonyl (C=O) groups is 1. The molecule has 0 aliphatic rings. The molecule has 0 saturated heterocycles. The third-order valence-electron chi connectivity index (χ3n) is 5.39. The molecule has 4 aromatic rings. The average molecular weight is 482 g/mol. The van der Waals surface area contributed by atoms with Gasteiger partial charge in [0, 0.05) is 24.8 Å². The monoisotopic (exact) mass is 482 g/mol. The van der Waals surface area contributed by atoms with Crippen molar-refractivity contribution in [2.45, 2.75) is 26.1 Å². The summed E-state index contributed by atoms with van der Waals surface area (Å²) in [5.41, 5.74) is 1.29. The fourth-order valence-corrected chi connectivity index (χ4v) is 3.88. The molecule has 2 aromatic carbocycles. The number of hydrogen-bond donors (Lipinski definition) is 2. The molecule has 0 aliphatic heterocycles. The van der Waals surface area contributed by atoms with Crippen LogP contribution in [0.3, 0.4) is 0 Å². The van der Waals surface area contributed by atoms with E-state index in [-0.39, 0.29) is 12.4 Å². The largest absolute Gasteiger partial charge is 0.478 e. The standard InChI is InChI=1S/C24H21F3N6O2/c1-2-13-33(22-20(23(34)35)19(11-12-28-22)24(25,26)27)14-15-7-9-16(10-8-15)17-5-3-4-6-18(17)21-29-31-32-30-21/h3-12H,2,13-14H2,1H3,(H,34,35)(H,29,30,31,32). The molecule has 0 fully saturated rings. The van der Waals surface area contributed by atoms with Crippen molar-refractivity contribution in [3.63, 3.8) is 0 Å². The van der Waals surface area contributed by atoms with Crippen LogP contribution in [0.1, 0.15) is 34.8 Å². The third-order valence-corrected chi connectivity index (χ3v) is 5.39. The first-order valence-corrected chi connectivity index (χ1v) is 10.8. The van der Waals surface area contributed by atoms with Gasteiger partial charge in [-0.1, -0.05) is 55.5 Å². The van der Waals surface area contributed by atoms with E-state index in [9.17, 15) is 23.1 Å². The maximum atomic E-state index is 13.5. The maximum absolute atomic E-state index is 13.5. The second-order valence-electron chi connectivity index (χ2n) is 7.76. The molecule has 2 N–H and O–H groups in total. The van der Waals surface area contributed by atoms with E-state index in [2.05, 4.69) is 25.6 Å². The Morgan fingerprint density at radius 3 is 2.37 bits per heavy atom. The number of halogens is 3. The molecule has 180 valence electrons. The SMILES string of the molecule is CCCN(Cc1ccc(-c2ccccc2-c2nn[nH]n2)cc1)c1nccc(C(F)(F)F)c1C(=O)O. The normalized spacial score (nSPS) is 11.4. The van der Waals surface area contributed by atoms with E-state index in [4.69, 9.17) is 0 Å². The Hall–Kier alpha value is -4.28. The second-order valence-corrected chi connectivity index (χ2v) is 7.76. The molecule has 0 spiro atoms. The first-order valence-electron chi connectivity index (χ1n) is 10.8. The number of aromatic carboxylic acids is 1. The summed E-state index contributed by atoms with van der Waals surface area (Å²) in [6.07, 6.45) is -3.23. The van der Waals surface area contributed by atoms with Gasteiger partial charge in [-0.15, -0.1) is 10.2 Å². The van der Waals surface area contributed by atoms with Gasteiger partial charge in [-0.25, -0.2) is 9.78 Å². The zero-order valence-electron chi connectivity index (χ0n) is 18.6. The minimum Gasteiger partial charge on any atom is -0.478 e. The van der Waals surface area contributed by atoms with Crippen LogP contribution in [0.4, 0.5) is 19.0 Å². The highest BCUT2D eigenvalue weighted by Crippen LogP contribution is 2.36. The number of H-pyrrole nitrogens is 1. The van der Waals surface area contributed by atoms with Gasteiger partial charge in [0.05, 0.1) is 5.56 Å². The summed E-state index contributed by atoms with van der Waals surface area (Å²) in [4.78, 5) is 17.4. The first kappa shape index (κ1) is 23.9. The van der Waals surface area contributed by atoms with E-state index in [1.54, 1.807) is 4.90 Å². The molecule has 0 bridgehead atoms. The van der Waals surface area contributed by atoms with Crippen LogP contribution in [0, 0.1) is 0 Å². The van der Waals surface area contributed by atoms with Crippen LogP contribution in [0.2, 0.25) is 0 Å². The lowest BCUT2D eigenvalue weighted by Gasteiger charge is -2.26. The van der Waals surface area contributed by atoms with Gasteiger partial charge >= 0.3 is 12.1 Å². The lowest BCUT2D eigenvalue weighted by atomic mass is 9.98. The number of carboxylic acids is 1. The fourth-order valence-electron chi connectivity index (χ4n) is 3.88. The van der Waals surface area contributed by atoms with Gasteiger partial charge in [-0.2, -0.15) is 18.4 Å². The minimum atomic E-state index is -4.81. The topological polar surface area (TPSA) is 108 Å². The van der Waals surface area contributed by atoms with Gasteiger partial charge in [-0.3, -0.25) is 0 Å². The Morgan fingerprint density at radius 2 is 1.77 bits per heavy atom. The predicted octanol–water partition coefficient (Wildman–Crippen LogP) is 5.06. The molecule has 2 aromatic heterocycles. The number of hydrogen-bond acceptors (Lipinski definition) is 6. The fraction of sp³-hybridized carbons (Fsp3) is 0.208. The van der Waals surface area contributed by atoms with Crippen LogP contribution in [0.5, 0.6) is 0 Å². The Kier molecular flexibility index (Phi) is 6.76. The van der Waals surface area contributed by atoms with Gasteiger partial charge in [0.15, 0.2) is 0 Å². The quantitative estimate of drug-likeness (QED) is 0.361. The molecule has 2 heterocycles. The van der Waals surface area contributed by atoms with Crippen molar-refractivity contribution < 1.29 is 23.1 Å². The van der Waals surface area contributed by atoms with Gasteiger partial charge in [0.1, 0.15) is 11.4 Å². The highest BCUT2D eigenvalue weighted by Gasteiger charge is 2.38. The molecule has 11 heteroatoms. The van der Waals surface area contributed by atoms with Crippen LogP contribution in [0.15, 0.2) is 60.8 Å². The molecule has 8 nitrogen and oxygen atoms in total. The van der Waals surface area contributed by atoms with Crippen LogP contribution in [0.25, 0.3) is 22.5 Å². The molecule has 4 rings (SSSR count). The number of nitrogens with one attached hydrogen (secondary N) is 1. The molecule has 0 aliphatic carbocycles. The van der Waals surface area contributed by atoms with Crippen LogP contribution in [-0.2, 0) is 12.7 Å². The molecule has 0 atom stereocenters. The number of aromatic nitrogens is 5. The van der Waals surface area contributed by atoms with E-state index in [1.165, 1.54) is 0 Å². The van der Waals surface area contributed by atoms with Crippen molar-refractivity contribution >= 4 is 11.8 Å². The van der Waals surface area contributed by atoms with Gasteiger partial charge in [0.25, 0.3) is 0 Å². The summed E-state index contributed by atoms with van der Waals surface area (Å²) in [7, 11) is 0. The minimum absolute atomic E-state index is 0.190. The van der Waals surface area contributed by atoms with Crippen molar-refractivity contribution in [3.8, 4) is 22.5 Å². The highest BCUT2D eigenvalue weighted by molar-refractivity contribution is 5.95. The van der Waals surface area contributed by atoms with Gasteiger partial charge < -0.3 is 10.0 Å². The van der Waals surface area contributed by atoms with E-state index < -0.39 is 23.3 Å². The molecule has 0 amide bonds. The highest BCUT2D eigenvalue weighted by atomic mass is 19.4. The molecule has 0 radical (unpaired) electrons. The van der Waals surface area contributed by atoms with Crippen LogP contribution < -0.4 is 4.90 Å². The number of carboxylic acid groups (broad SMARTS) is 1. The van der Waals surface area contributed by atoms with Gasteiger partial charge in [0.2, 0.25) is 5.82 Å².